The maximum atomic E-state index is 12.7. The molecule has 0 atom stereocenters. The van der Waals surface area contributed by atoms with Crippen LogP contribution in [-0.2, 0) is 17.9 Å². The number of aromatic nitrogens is 2. The molecule has 0 aliphatic carbocycles. The summed E-state index contributed by atoms with van der Waals surface area (Å²) in [6.45, 7) is 6.64. The van der Waals surface area contributed by atoms with Gasteiger partial charge < -0.3 is 19.3 Å². The minimum Gasteiger partial charge on any atom is -0.493 e. The standard InChI is InChI=1S/C26H32N4O4/c1-18(2)33-22-10-9-19(15-23(22)32-3)16-27-26(31)21-11-13-30(14-12-21)17-24-28-25(29-34-24)20-7-5-4-6-8-20/h4-10,15,18,21H,11-14,16-17H2,1-3H3,(H,27,31). The summed E-state index contributed by atoms with van der Waals surface area (Å²) in [6, 6.07) is 15.5. The van der Waals surface area contributed by atoms with Gasteiger partial charge in [-0.1, -0.05) is 41.6 Å². The lowest BCUT2D eigenvalue weighted by atomic mass is 9.96. The van der Waals surface area contributed by atoms with Crippen LogP contribution in [0.5, 0.6) is 11.5 Å². The monoisotopic (exact) mass is 464 g/mol. The van der Waals surface area contributed by atoms with Crippen LogP contribution in [0.4, 0.5) is 0 Å². The molecule has 0 unspecified atom stereocenters. The van der Waals surface area contributed by atoms with Gasteiger partial charge in [-0.3, -0.25) is 9.69 Å². The van der Waals surface area contributed by atoms with Crippen LogP contribution in [-0.4, -0.2) is 47.3 Å². The van der Waals surface area contributed by atoms with Gasteiger partial charge in [-0.15, -0.1) is 0 Å². The number of hydrogen-bond acceptors (Lipinski definition) is 7. The molecular weight excluding hydrogens is 432 g/mol. The average molecular weight is 465 g/mol. The second-order valence-electron chi connectivity index (χ2n) is 8.80. The van der Waals surface area contributed by atoms with E-state index in [1.54, 1.807) is 7.11 Å². The number of nitrogens with zero attached hydrogens (tertiary/aromatic N) is 3. The molecule has 1 aromatic heterocycles. The molecule has 1 aliphatic rings. The first-order valence-electron chi connectivity index (χ1n) is 11.7. The number of likely N-dealkylation sites (tertiary alicyclic amines) is 1. The van der Waals surface area contributed by atoms with E-state index in [-0.39, 0.29) is 17.9 Å². The van der Waals surface area contributed by atoms with Crippen LogP contribution in [0, 0.1) is 5.92 Å². The van der Waals surface area contributed by atoms with Crippen LogP contribution < -0.4 is 14.8 Å². The Balaban J connectivity index is 1.24. The second kappa shape index (κ2) is 11.2. The Morgan fingerprint density at radius 3 is 2.62 bits per heavy atom. The number of methoxy groups -OCH3 is 1. The summed E-state index contributed by atoms with van der Waals surface area (Å²) in [4.78, 5) is 19.5. The predicted octanol–water partition coefficient (Wildman–Crippen LogP) is 4.06. The predicted molar refractivity (Wildman–Crippen MR) is 128 cm³/mol. The Hall–Kier alpha value is -3.39. The maximum Gasteiger partial charge on any atom is 0.241 e. The fourth-order valence-corrected chi connectivity index (χ4v) is 4.07. The molecular formula is C26H32N4O4. The Labute approximate surface area is 200 Å². The van der Waals surface area contributed by atoms with Crippen molar-refractivity contribution in [2.75, 3.05) is 20.2 Å². The Bertz CT molecular complexity index is 1080. The molecule has 0 radical (unpaired) electrons. The molecule has 1 fully saturated rings. The zero-order valence-electron chi connectivity index (χ0n) is 20.0. The molecule has 8 nitrogen and oxygen atoms in total. The smallest absolute Gasteiger partial charge is 0.241 e. The first-order chi connectivity index (χ1) is 16.5. The van der Waals surface area contributed by atoms with Gasteiger partial charge in [-0.25, -0.2) is 0 Å². The van der Waals surface area contributed by atoms with Crippen molar-refractivity contribution in [3.63, 3.8) is 0 Å². The summed E-state index contributed by atoms with van der Waals surface area (Å²) >= 11 is 0. The molecule has 1 amide bonds. The molecule has 1 N–H and O–H groups in total. The minimum atomic E-state index is 0.00394. The second-order valence-corrected chi connectivity index (χ2v) is 8.80. The molecule has 4 rings (SSSR count). The summed E-state index contributed by atoms with van der Waals surface area (Å²) in [5.74, 6) is 2.67. The van der Waals surface area contributed by atoms with Crippen molar-refractivity contribution in [1.82, 2.24) is 20.4 Å². The number of carbonyl (C=O) groups excluding carboxylic acids is 1. The van der Waals surface area contributed by atoms with E-state index in [4.69, 9.17) is 14.0 Å². The van der Waals surface area contributed by atoms with Gasteiger partial charge >= 0.3 is 0 Å². The highest BCUT2D eigenvalue weighted by molar-refractivity contribution is 5.78. The summed E-state index contributed by atoms with van der Waals surface area (Å²) in [6.07, 6.45) is 1.67. The van der Waals surface area contributed by atoms with Gasteiger partial charge in [0.2, 0.25) is 17.6 Å². The fourth-order valence-electron chi connectivity index (χ4n) is 4.07. The van der Waals surface area contributed by atoms with Crippen LogP contribution >= 0.6 is 0 Å². The van der Waals surface area contributed by atoms with Crippen molar-refractivity contribution in [2.45, 2.75) is 45.9 Å². The molecule has 2 heterocycles. The van der Waals surface area contributed by atoms with E-state index in [2.05, 4.69) is 20.4 Å². The van der Waals surface area contributed by atoms with Crippen molar-refractivity contribution in [1.29, 1.82) is 0 Å². The zero-order valence-corrected chi connectivity index (χ0v) is 20.0. The number of nitrogens with one attached hydrogen (secondary N) is 1. The Morgan fingerprint density at radius 1 is 1.15 bits per heavy atom. The summed E-state index contributed by atoms with van der Waals surface area (Å²) in [5.41, 5.74) is 1.91. The first kappa shape index (κ1) is 23.8. The molecule has 1 saturated heterocycles. The van der Waals surface area contributed by atoms with E-state index in [0.717, 1.165) is 37.1 Å². The summed E-state index contributed by atoms with van der Waals surface area (Å²) in [7, 11) is 1.62. The summed E-state index contributed by atoms with van der Waals surface area (Å²) < 4.78 is 16.6. The van der Waals surface area contributed by atoms with E-state index in [9.17, 15) is 4.79 Å². The van der Waals surface area contributed by atoms with Gasteiger partial charge in [0.1, 0.15) is 0 Å². The van der Waals surface area contributed by atoms with Gasteiger partial charge in [0.25, 0.3) is 0 Å². The third-order valence-corrected chi connectivity index (χ3v) is 5.87. The zero-order chi connectivity index (χ0) is 23.9. The SMILES string of the molecule is COc1cc(CNC(=O)C2CCN(Cc3nc(-c4ccccc4)no3)CC2)ccc1OC(C)C. The normalized spacial score (nSPS) is 14.8. The molecule has 3 aromatic rings. The van der Waals surface area contributed by atoms with Crippen LogP contribution in [0.1, 0.15) is 38.1 Å². The van der Waals surface area contributed by atoms with Crippen molar-refractivity contribution >= 4 is 5.91 Å². The number of ether oxygens (including phenoxy) is 2. The quantitative estimate of drug-likeness (QED) is 0.511. The summed E-state index contributed by atoms with van der Waals surface area (Å²) in [5, 5.41) is 7.16. The lowest BCUT2D eigenvalue weighted by molar-refractivity contribution is -0.126. The van der Waals surface area contributed by atoms with E-state index in [0.29, 0.717) is 36.3 Å². The van der Waals surface area contributed by atoms with Crippen LogP contribution in [0.3, 0.4) is 0 Å². The maximum absolute atomic E-state index is 12.7. The number of piperidine rings is 1. The van der Waals surface area contributed by atoms with Gasteiger partial charge in [-0.2, -0.15) is 4.98 Å². The van der Waals surface area contributed by atoms with Gasteiger partial charge in [-0.05, 0) is 57.5 Å². The largest absolute Gasteiger partial charge is 0.493 e. The van der Waals surface area contributed by atoms with Crippen LogP contribution in [0.25, 0.3) is 11.4 Å². The third kappa shape index (κ3) is 6.14. The number of amides is 1. The Morgan fingerprint density at radius 2 is 1.91 bits per heavy atom. The number of rotatable bonds is 9. The molecule has 8 heteroatoms. The lowest BCUT2D eigenvalue weighted by Crippen LogP contribution is -2.40. The Kier molecular flexibility index (Phi) is 7.80. The molecule has 1 aliphatic heterocycles. The third-order valence-electron chi connectivity index (χ3n) is 5.87. The number of carbonyl (C=O) groups is 1. The molecule has 0 spiro atoms. The molecule has 0 bridgehead atoms. The van der Waals surface area contributed by atoms with Crippen LogP contribution in [0.2, 0.25) is 0 Å². The minimum absolute atomic E-state index is 0.00394. The van der Waals surface area contributed by atoms with Crippen molar-refractivity contribution in [3.8, 4) is 22.9 Å². The number of hydrogen-bond donors (Lipinski definition) is 1. The first-order valence-corrected chi connectivity index (χ1v) is 11.7. The van der Waals surface area contributed by atoms with E-state index in [1.807, 2.05) is 62.4 Å². The topological polar surface area (TPSA) is 89.7 Å². The number of benzene rings is 2. The van der Waals surface area contributed by atoms with Crippen LogP contribution in [0.15, 0.2) is 53.1 Å². The van der Waals surface area contributed by atoms with E-state index < -0.39 is 0 Å². The van der Waals surface area contributed by atoms with Crippen molar-refractivity contribution in [3.05, 3.63) is 60.0 Å². The van der Waals surface area contributed by atoms with E-state index in [1.165, 1.54) is 0 Å². The van der Waals surface area contributed by atoms with Crippen molar-refractivity contribution in [2.24, 2.45) is 5.92 Å². The van der Waals surface area contributed by atoms with E-state index >= 15 is 0 Å². The highest BCUT2D eigenvalue weighted by Crippen LogP contribution is 2.29. The molecule has 34 heavy (non-hydrogen) atoms. The average Bonchev–Trinajstić information content (AvgIpc) is 3.32. The highest BCUT2D eigenvalue weighted by Gasteiger charge is 2.26. The van der Waals surface area contributed by atoms with Crippen molar-refractivity contribution < 1.29 is 18.8 Å². The van der Waals surface area contributed by atoms with Gasteiger partial charge in [0.15, 0.2) is 11.5 Å². The molecule has 180 valence electrons. The highest BCUT2D eigenvalue weighted by atomic mass is 16.5. The lowest BCUT2D eigenvalue weighted by Gasteiger charge is -2.30. The fraction of sp³-hybridized carbons (Fsp3) is 0.423. The van der Waals surface area contributed by atoms with Gasteiger partial charge in [0, 0.05) is 18.0 Å². The molecule has 0 saturated carbocycles. The van der Waals surface area contributed by atoms with Gasteiger partial charge in [0.05, 0.1) is 19.8 Å². The molecule has 2 aromatic carbocycles.